The highest BCUT2D eigenvalue weighted by molar-refractivity contribution is 5.68. The minimum atomic E-state index is -0.372. The SMILES string of the molecule is CCOC(=O)NC(C)(C)CCOC. The minimum absolute atomic E-state index is 0.276. The Hall–Kier alpha value is -0.770. The van der Waals surface area contributed by atoms with Crippen molar-refractivity contribution < 1.29 is 14.3 Å². The molecule has 0 aromatic heterocycles. The predicted molar refractivity (Wildman–Crippen MR) is 50.7 cm³/mol. The highest BCUT2D eigenvalue weighted by atomic mass is 16.5. The average Bonchev–Trinajstić information content (AvgIpc) is 2.00. The number of methoxy groups -OCH3 is 1. The van der Waals surface area contributed by atoms with E-state index in [4.69, 9.17) is 9.47 Å². The molecule has 0 fully saturated rings. The maximum absolute atomic E-state index is 11.0. The van der Waals surface area contributed by atoms with Gasteiger partial charge >= 0.3 is 6.09 Å². The van der Waals surface area contributed by atoms with E-state index in [1.54, 1.807) is 14.0 Å². The van der Waals surface area contributed by atoms with Crippen LogP contribution in [0.3, 0.4) is 0 Å². The summed E-state index contributed by atoms with van der Waals surface area (Å²) >= 11 is 0. The maximum atomic E-state index is 11.0. The van der Waals surface area contributed by atoms with Gasteiger partial charge in [0.1, 0.15) is 0 Å². The lowest BCUT2D eigenvalue weighted by Gasteiger charge is -2.25. The van der Waals surface area contributed by atoms with Gasteiger partial charge in [-0.05, 0) is 27.2 Å². The molecule has 0 heterocycles. The van der Waals surface area contributed by atoms with Crippen molar-refractivity contribution in [3.8, 4) is 0 Å². The fraction of sp³-hybridized carbons (Fsp3) is 0.889. The zero-order valence-electron chi connectivity index (χ0n) is 8.85. The third-order valence-corrected chi connectivity index (χ3v) is 1.65. The second-order valence-corrected chi connectivity index (χ2v) is 3.47. The first-order chi connectivity index (χ1) is 6.02. The summed E-state index contributed by atoms with van der Waals surface area (Å²) < 4.78 is 9.69. The Morgan fingerprint density at radius 2 is 2.08 bits per heavy atom. The van der Waals surface area contributed by atoms with E-state index in [0.29, 0.717) is 13.2 Å². The van der Waals surface area contributed by atoms with Crippen molar-refractivity contribution in [2.45, 2.75) is 32.7 Å². The van der Waals surface area contributed by atoms with Crippen LogP contribution in [0.15, 0.2) is 0 Å². The Kier molecular flexibility index (Phi) is 5.46. The molecule has 0 aliphatic carbocycles. The van der Waals surface area contributed by atoms with Crippen LogP contribution in [-0.2, 0) is 9.47 Å². The standard InChI is InChI=1S/C9H19NO3/c1-5-13-8(11)10-9(2,3)6-7-12-4/h5-7H2,1-4H3,(H,10,11). The van der Waals surface area contributed by atoms with E-state index in [9.17, 15) is 4.79 Å². The van der Waals surface area contributed by atoms with E-state index >= 15 is 0 Å². The van der Waals surface area contributed by atoms with E-state index in [0.717, 1.165) is 6.42 Å². The van der Waals surface area contributed by atoms with E-state index < -0.39 is 0 Å². The zero-order valence-corrected chi connectivity index (χ0v) is 8.85. The number of ether oxygens (including phenoxy) is 2. The van der Waals surface area contributed by atoms with Gasteiger partial charge < -0.3 is 14.8 Å². The van der Waals surface area contributed by atoms with Gasteiger partial charge in [-0.25, -0.2) is 4.79 Å². The third kappa shape index (κ3) is 6.40. The van der Waals surface area contributed by atoms with Gasteiger partial charge in [0, 0.05) is 19.3 Å². The van der Waals surface area contributed by atoms with Crippen molar-refractivity contribution in [2.75, 3.05) is 20.3 Å². The average molecular weight is 189 g/mol. The number of carbonyl (C=O) groups excluding carboxylic acids is 1. The molecule has 0 radical (unpaired) electrons. The lowest BCUT2D eigenvalue weighted by molar-refractivity contribution is 0.129. The number of amides is 1. The van der Waals surface area contributed by atoms with Gasteiger partial charge in [-0.1, -0.05) is 0 Å². The summed E-state index contributed by atoms with van der Waals surface area (Å²) in [4.78, 5) is 11.0. The number of rotatable bonds is 5. The second-order valence-electron chi connectivity index (χ2n) is 3.47. The molecule has 78 valence electrons. The topological polar surface area (TPSA) is 47.6 Å². The Balaban J connectivity index is 3.79. The Labute approximate surface area is 79.6 Å². The van der Waals surface area contributed by atoms with Crippen molar-refractivity contribution in [2.24, 2.45) is 0 Å². The lowest BCUT2D eigenvalue weighted by Crippen LogP contribution is -2.44. The highest BCUT2D eigenvalue weighted by Crippen LogP contribution is 2.08. The van der Waals surface area contributed by atoms with Crippen molar-refractivity contribution in [1.82, 2.24) is 5.32 Å². The first kappa shape index (κ1) is 12.2. The Morgan fingerprint density at radius 3 is 2.54 bits per heavy atom. The van der Waals surface area contributed by atoms with Crippen LogP contribution in [0, 0.1) is 0 Å². The first-order valence-electron chi connectivity index (χ1n) is 4.45. The largest absolute Gasteiger partial charge is 0.450 e. The molecule has 0 bridgehead atoms. The molecule has 1 N–H and O–H groups in total. The normalized spacial score (nSPS) is 11.1. The summed E-state index contributed by atoms with van der Waals surface area (Å²) in [6, 6.07) is 0. The van der Waals surface area contributed by atoms with Crippen LogP contribution in [-0.4, -0.2) is 32.0 Å². The van der Waals surface area contributed by atoms with Crippen LogP contribution < -0.4 is 5.32 Å². The van der Waals surface area contributed by atoms with E-state index in [2.05, 4.69) is 5.32 Å². The van der Waals surface area contributed by atoms with Crippen molar-refractivity contribution in [3.05, 3.63) is 0 Å². The van der Waals surface area contributed by atoms with Gasteiger partial charge in [-0.3, -0.25) is 0 Å². The highest BCUT2D eigenvalue weighted by Gasteiger charge is 2.20. The number of hydrogen-bond donors (Lipinski definition) is 1. The summed E-state index contributed by atoms with van der Waals surface area (Å²) in [5.41, 5.74) is -0.276. The van der Waals surface area contributed by atoms with Gasteiger partial charge in [0.2, 0.25) is 0 Å². The van der Waals surface area contributed by atoms with Gasteiger partial charge in [-0.2, -0.15) is 0 Å². The number of alkyl carbamates (subject to hydrolysis) is 1. The van der Waals surface area contributed by atoms with Crippen LogP contribution in [0.4, 0.5) is 4.79 Å². The van der Waals surface area contributed by atoms with Crippen molar-refractivity contribution in [1.29, 1.82) is 0 Å². The molecular formula is C9H19NO3. The summed E-state index contributed by atoms with van der Waals surface area (Å²) in [7, 11) is 1.64. The summed E-state index contributed by atoms with van der Waals surface area (Å²) in [5.74, 6) is 0. The molecule has 0 aromatic carbocycles. The molecule has 4 heteroatoms. The van der Waals surface area contributed by atoms with Crippen LogP contribution in [0.1, 0.15) is 27.2 Å². The van der Waals surface area contributed by atoms with Crippen LogP contribution in [0.2, 0.25) is 0 Å². The smallest absolute Gasteiger partial charge is 0.407 e. The van der Waals surface area contributed by atoms with Crippen LogP contribution in [0.25, 0.3) is 0 Å². The van der Waals surface area contributed by atoms with Crippen molar-refractivity contribution in [3.63, 3.8) is 0 Å². The predicted octanol–water partition coefficient (Wildman–Crippen LogP) is 1.55. The van der Waals surface area contributed by atoms with Gasteiger partial charge in [0.15, 0.2) is 0 Å². The molecule has 13 heavy (non-hydrogen) atoms. The van der Waals surface area contributed by atoms with E-state index in [1.165, 1.54) is 0 Å². The second kappa shape index (κ2) is 5.80. The monoisotopic (exact) mass is 189 g/mol. The number of hydrogen-bond acceptors (Lipinski definition) is 3. The number of nitrogens with one attached hydrogen (secondary N) is 1. The van der Waals surface area contributed by atoms with Gasteiger partial charge in [0.25, 0.3) is 0 Å². The molecule has 0 aliphatic rings. The molecule has 0 spiro atoms. The molecule has 1 amide bonds. The Morgan fingerprint density at radius 1 is 1.46 bits per heavy atom. The van der Waals surface area contributed by atoms with Gasteiger partial charge in [0.05, 0.1) is 6.61 Å². The fourth-order valence-electron chi connectivity index (χ4n) is 0.863. The van der Waals surface area contributed by atoms with Crippen LogP contribution in [0.5, 0.6) is 0 Å². The summed E-state index contributed by atoms with van der Waals surface area (Å²) in [6.07, 6.45) is 0.395. The molecule has 0 saturated heterocycles. The van der Waals surface area contributed by atoms with Crippen LogP contribution >= 0.6 is 0 Å². The molecule has 0 aliphatic heterocycles. The summed E-state index contributed by atoms with van der Waals surface area (Å²) in [6.45, 7) is 6.67. The van der Waals surface area contributed by atoms with E-state index in [-0.39, 0.29) is 11.6 Å². The first-order valence-corrected chi connectivity index (χ1v) is 4.45. The fourth-order valence-corrected chi connectivity index (χ4v) is 0.863. The van der Waals surface area contributed by atoms with Gasteiger partial charge in [-0.15, -0.1) is 0 Å². The molecule has 4 nitrogen and oxygen atoms in total. The van der Waals surface area contributed by atoms with E-state index in [1.807, 2.05) is 13.8 Å². The third-order valence-electron chi connectivity index (χ3n) is 1.65. The lowest BCUT2D eigenvalue weighted by atomic mass is 10.0. The maximum Gasteiger partial charge on any atom is 0.407 e. The molecule has 0 aromatic rings. The molecule has 0 unspecified atom stereocenters. The zero-order chi connectivity index (χ0) is 10.3. The number of carbonyl (C=O) groups is 1. The van der Waals surface area contributed by atoms with Crippen molar-refractivity contribution >= 4 is 6.09 Å². The quantitative estimate of drug-likeness (QED) is 0.713. The summed E-state index contributed by atoms with van der Waals surface area (Å²) in [5, 5.41) is 2.75. The molecule has 0 rings (SSSR count). The molecule has 0 atom stereocenters. The molecule has 0 saturated carbocycles. The molecular weight excluding hydrogens is 170 g/mol. The Bertz CT molecular complexity index is 157. The minimum Gasteiger partial charge on any atom is -0.450 e.